The molecule has 0 saturated carbocycles. The zero-order valence-electron chi connectivity index (χ0n) is 8.62. The normalized spacial score (nSPS) is 11.8. The van der Waals surface area contributed by atoms with Crippen molar-refractivity contribution in [3.8, 4) is 12.3 Å². The van der Waals surface area contributed by atoms with E-state index in [-0.39, 0.29) is 0 Å². The van der Waals surface area contributed by atoms with Crippen LogP contribution in [0, 0.1) is 19.3 Å². The zero-order chi connectivity index (χ0) is 10.4. The molecule has 0 amide bonds. The second kappa shape index (κ2) is 5.23. The first-order chi connectivity index (χ1) is 6.76. The summed E-state index contributed by atoms with van der Waals surface area (Å²) in [6, 6.07) is 2.22. The van der Waals surface area contributed by atoms with Crippen LogP contribution in [0.3, 0.4) is 0 Å². The zero-order valence-corrected chi connectivity index (χ0v) is 8.62. The third kappa shape index (κ3) is 3.06. The van der Waals surface area contributed by atoms with Gasteiger partial charge in [0.2, 0.25) is 0 Å². The fourth-order valence-electron chi connectivity index (χ4n) is 1.18. The monoisotopic (exact) mass is 189 g/mol. The van der Waals surface area contributed by atoms with Crippen molar-refractivity contribution in [2.45, 2.75) is 32.7 Å². The van der Waals surface area contributed by atoms with Gasteiger partial charge >= 0.3 is 0 Å². The van der Waals surface area contributed by atoms with Gasteiger partial charge in [0.05, 0.1) is 0 Å². The molecule has 3 nitrogen and oxygen atoms in total. The fraction of sp³-hybridized carbons (Fsp3) is 0.455. The highest BCUT2D eigenvalue weighted by Gasteiger charge is 2.04. The number of terminal acetylenes is 1. The molecule has 0 aliphatic rings. The maximum absolute atomic E-state index is 5.27. The third-order valence-electron chi connectivity index (χ3n) is 2.01. The molecule has 0 fully saturated rings. The molecule has 1 aromatic heterocycles. The van der Waals surface area contributed by atoms with Crippen LogP contribution in [-0.4, -0.2) is 16.0 Å². The first-order valence-electron chi connectivity index (χ1n) is 4.75. The average molecular weight is 189 g/mol. The molecule has 0 saturated heterocycles. The molecular formula is C11H15N3. The van der Waals surface area contributed by atoms with E-state index in [1.165, 1.54) is 0 Å². The molecule has 0 aliphatic carbocycles. The van der Waals surface area contributed by atoms with Gasteiger partial charge in [-0.15, -0.1) is 12.3 Å². The predicted octanol–water partition coefficient (Wildman–Crippen LogP) is 2.00. The summed E-state index contributed by atoms with van der Waals surface area (Å²) in [5.74, 6) is 3.49. The SMILES string of the molecule is C#CCC(CC)Nc1cc(C)ncn1. The number of aromatic nitrogens is 2. The number of nitrogens with zero attached hydrogens (tertiary/aromatic N) is 2. The van der Waals surface area contributed by atoms with E-state index < -0.39 is 0 Å². The molecule has 74 valence electrons. The summed E-state index contributed by atoms with van der Waals surface area (Å²) in [5.41, 5.74) is 0.957. The fourth-order valence-corrected chi connectivity index (χ4v) is 1.18. The summed E-state index contributed by atoms with van der Waals surface area (Å²) in [6.45, 7) is 4.04. The topological polar surface area (TPSA) is 37.8 Å². The van der Waals surface area contributed by atoms with E-state index in [0.29, 0.717) is 6.04 Å². The van der Waals surface area contributed by atoms with Crippen LogP contribution in [0.1, 0.15) is 25.5 Å². The Morgan fingerprint density at radius 3 is 2.93 bits per heavy atom. The molecule has 0 aromatic carbocycles. The summed E-state index contributed by atoms with van der Waals surface area (Å²) >= 11 is 0. The summed E-state index contributed by atoms with van der Waals surface area (Å²) in [4.78, 5) is 8.15. The van der Waals surface area contributed by atoms with E-state index in [0.717, 1.165) is 24.4 Å². The first-order valence-corrected chi connectivity index (χ1v) is 4.75. The van der Waals surface area contributed by atoms with Crippen LogP contribution in [0.25, 0.3) is 0 Å². The van der Waals surface area contributed by atoms with E-state index in [4.69, 9.17) is 6.42 Å². The Morgan fingerprint density at radius 1 is 1.57 bits per heavy atom. The van der Waals surface area contributed by atoms with Crippen molar-refractivity contribution in [2.24, 2.45) is 0 Å². The summed E-state index contributed by atoms with van der Waals surface area (Å²) in [5, 5.41) is 3.28. The van der Waals surface area contributed by atoms with Crippen molar-refractivity contribution in [2.75, 3.05) is 5.32 Å². The molecule has 1 atom stereocenters. The van der Waals surface area contributed by atoms with E-state index in [2.05, 4.69) is 28.1 Å². The largest absolute Gasteiger partial charge is 0.366 e. The lowest BCUT2D eigenvalue weighted by Crippen LogP contribution is -2.18. The van der Waals surface area contributed by atoms with E-state index in [9.17, 15) is 0 Å². The van der Waals surface area contributed by atoms with Gasteiger partial charge in [0.15, 0.2) is 0 Å². The van der Waals surface area contributed by atoms with E-state index in [1.807, 2.05) is 13.0 Å². The third-order valence-corrected chi connectivity index (χ3v) is 2.01. The molecule has 1 rings (SSSR count). The van der Waals surface area contributed by atoms with Gasteiger partial charge in [0.25, 0.3) is 0 Å². The lowest BCUT2D eigenvalue weighted by molar-refractivity contribution is 0.711. The number of rotatable bonds is 4. The molecule has 1 unspecified atom stereocenters. The highest BCUT2D eigenvalue weighted by atomic mass is 15.0. The van der Waals surface area contributed by atoms with E-state index >= 15 is 0 Å². The maximum atomic E-state index is 5.27. The Kier molecular flexibility index (Phi) is 3.93. The number of hydrogen-bond acceptors (Lipinski definition) is 3. The maximum Gasteiger partial charge on any atom is 0.129 e. The number of hydrogen-bond donors (Lipinski definition) is 1. The molecule has 14 heavy (non-hydrogen) atoms. The van der Waals surface area contributed by atoms with Crippen molar-refractivity contribution in [3.63, 3.8) is 0 Å². The van der Waals surface area contributed by atoms with Crippen molar-refractivity contribution >= 4 is 5.82 Å². The number of nitrogens with one attached hydrogen (secondary N) is 1. The van der Waals surface area contributed by atoms with Crippen LogP contribution in [0.5, 0.6) is 0 Å². The van der Waals surface area contributed by atoms with Gasteiger partial charge in [-0.25, -0.2) is 9.97 Å². The van der Waals surface area contributed by atoms with Crippen molar-refractivity contribution in [1.82, 2.24) is 9.97 Å². The second-order valence-electron chi connectivity index (χ2n) is 3.20. The van der Waals surface area contributed by atoms with Gasteiger partial charge < -0.3 is 5.32 Å². The smallest absolute Gasteiger partial charge is 0.129 e. The molecule has 3 heteroatoms. The Bertz CT molecular complexity index is 328. The minimum absolute atomic E-state index is 0.300. The Morgan fingerprint density at radius 2 is 2.36 bits per heavy atom. The van der Waals surface area contributed by atoms with Crippen molar-refractivity contribution < 1.29 is 0 Å². The minimum Gasteiger partial charge on any atom is -0.366 e. The van der Waals surface area contributed by atoms with E-state index in [1.54, 1.807) is 6.33 Å². The minimum atomic E-state index is 0.300. The first kappa shape index (κ1) is 10.5. The van der Waals surface area contributed by atoms with Gasteiger partial charge in [-0.05, 0) is 13.3 Å². The van der Waals surface area contributed by atoms with Crippen molar-refractivity contribution in [1.29, 1.82) is 0 Å². The second-order valence-corrected chi connectivity index (χ2v) is 3.20. The van der Waals surface area contributed by atoms with Gasteiger partial charge in [-0.1, -0.05) is 6.92 Å². The van der Waals surface area contributed by atoms with Crippen LogP contribution in [0.4, 0.5) is 5.82 Å². The highest BCUT2D eigenvalue weighted by Crippen LogP contribution is 2.08. The Hall–Kier alpha value is -1.56. The van der Waals surface area contributed by atoms with Gasteiger partial charge in [-0.3, -0.25) is 0 Å². The van der Waals surface area contributed by atoms with Crippen LogP contribution in [0.2, 0.25) is 0 Å². The van der Waals surface area contributed by atoms with Crippen LogP contribution >= 0.6 is 0 Å². The molecule has 1 N–H and O–H groups in total. The Labute approximate surface area is 85.0 Å². The highest BCUT2D eigenvalue weighted by molar-refractivity contribution is 5.35. The number of anilines is 1. The molecule has 0 bridgehead atoms. The number of aryl methyl sites for hydroxylation is 1. The molecule has 1 heterocycles. The molecular weight excluding hydrogens is 174 g/mol. The summed E-state index contributed by atoms with van der Waals surface area (Å²) in [7, 11) is 0. The quantitative estimate of drug-likeness (QED) is 0.736. The molecule has 0 spiro atoms. The lowest BCUT2D eigenvalue weighted by Gasteiger charge is -2.14. The standard InChI is InChI=1S/C11H15N3/c1-4-6-10(5-2)14-11-7-9(3)12-8-13-11/h1,7-8,10H,5-6H2,2-3H3,(H,12,13,14). The Balaban J connectivity index is 2.63. The average Bonchev–Trinajstić information content (AvgIpc) is 2.17. The van der Waals surface area contributed by atoms with Crippen LogP contribution in [-0.2, 0) is 0 Å². The van der Waals surface area contributed by atoms with Gasteiger partial charge in [-0.2, -0.15) is 0 Å². The van der Waals surface area contributed by atoms with Crippen molar-refractivity contribution in [3.05, 3.63) is 18.1 Å². The molecule has 0 aliphatic heterocycles. The predicted molar refractivity (Wildman–Crippen MR) is 57.9 cm³/mol. The summed E-state index contributed by atoms with van der Waals surface area (Å²) in [6.07, 6.45) is 8.54. The molecule has 0 radical (unpaired) electrons. The summed E-state index contributed by atoms with van der Waals surface area (Å²) < 4.78 is 0. The van der Waals surface area contributed by atoms with Gasteiger partial charge in [0, 0.05) is 24.2 Å². The molecule has 1 aromatic rings. The van der Waals surface area contributed by atoms with Crippen LogP contribution < -0.4 is 5.32 Å². The van der Waals surface area contributed by atoms with Crippen LogP contribution in [0.15, 0.2) is 12.4 Å². The lowest BCUT2D eigenvalue weighted by atomic mass is 10.1. The van der Waals surface area contributed by atoms with Gasteiger partial charge in [0.1, 0.15) is 12.1 Å².